The Morgan fingerprint density at radius 1 is 1.50 bits per heavy atom. The second kappa shape index (κ2) is 5.63. The Morgan fingerprint density at radius 2 is 2.22 bits per heavy atom. The van der Waals surface area contributed by atoms with Gasteiger partial charge in [0.25, 0.3) is 0 Å². The van der Waals surface area contributed by atoms with Gasteiger partial charge in [0, 0.05) is 19.6 Å². The second-order valence-electron chi connectivity index (χ2n) is 4.23. The maximum Gasteiger partial charge on any atom is 0.335 e. The van der Waals surface area contributed by atoms with Crippen molar-refractivity contribution in [1.82, 2.24) is 4.90 Å². The van der Waals surface area contributed by atoms with E-state index in [-0.39, 0.29) is 11.7 Å². The average Bonchev–Trinajstić information content (AvgIpc) is 2.39. The summed E-state index contributed by atoms with van der Waals surface area (Å²) < 4.78 is 5.27. The SMILES string of the molecule is N#CC1CN(Cc2ccc(C(=O)O)cc2)CCO1. The average molecular weight is 246 g/mol. The van der Waals surface area contributed by atoms with Gasteiger partial charge in [-0.25, -0.2) is 4.79 Å². The van der Waals surface area contributed by atoms with E-state index < -0.39 is 5.97 Å². The first-order chi connectivity index (χ1) is 8.69. The van der Waals surface area contributed by atoms with Crippen LogP contribution >= 0.6 is 0 Å². The number of nitriles is 1. The molecule has 0 aliphatic carbocycles. The van der Waals surface area contributed by atoms with Gasteiger partial charge < -0.3 is 9.84 Å². The molecule has 5 heteroatoms. The minimum absolute atomic E-state index is 0.288. The lowest BCUT2D eigenvalue weighted by atomic mass is 10.1. The van der Waals surface area contributed by atoms with Gasteiger partial charge in [0.15, 0.2) is 6.10 Å². The third-order valence-electron chi connectivity index (χ3n) is 2.90. The van der Waals surface area contributed by atoms with Crippen molar-refractivity contribution in [2.75, 3.05) is 19.7 Å². The molecule has 5 nitrogen and oxygen atoms in total. The van der Waals surface area contributed by atoms with E-state index >= 15 is 0 Å². The Bertz CT molecular complexity index is 464. The predicted octanol–water partition coefficient (Wildman–Crippen LogP) is 1.11. The van der Waals surface area contributed by atoms with E-state index in [1.165, 1.54) is 0 Å². The summed E-state index contributed by atoms with van der Waals surface area (Å²) in [5.74, 6) is -0.919. The van der Waals surface area contributed by atoms with Gasteiger partial charge >= 0.3 is 5.97 Å². The topological polar surface area (TPSA) is 73.6 Å². The lowest BCUT2D eigenvalue weighted by Crippen LogP contribution is -2.41. The highest BCUT2D eigenvalue weighted by molar-refractivity contribution is 5.87. The summed E-state index contributed by atoms with van der Waals surface area (Å²) in [5, 5.41) is 17.6. The number of hydrogen-bond acceptors (Lipinski definition) is 4. The number of nitrogens with zero attached hydrogens (tertiary/aromatic N) is 2. The molecule has 1 N–H and O–H groups in total. The van der Waals surface area contributed by atoms with Gasteiger partial charge in [-0.1, -0.05) is 12.1 Å². The Kier molecular flexibility index (Phi) is 3.92. The van der Waals surface area contributed by atoms with Crippen LogP contribution in [-0.2, 0) is 11.3 Å². The van der Waals surface area contributed by atoms with Crippen LogP contribution in [0.15, 0.2) is 24.3 Å². The molecular weight excluding hydrogens is 232 g/mol. The van der Waals surface area contributed by atoms with Gasteiger partial charge in [0.2, 0.25) is 0 Å². The summed E-state index contributed by atoms with van der Waals surface area (Å²) in [7, 11) is 0. The number of carboxylic acids is 1. The zero-order chi connectivity index (χ0) is 13.0. The number of carboxylic acid groups (broad SMARTS) is 1. The van der Waals surface area contributed by atoms with Crippen LogP contribution in [-0.4, -0.2) is 41.8 Å². The summed E-state index contributed by atoms with van der Waals surface area (Å²) in [6, 6.07) is 8.91. The van der Waals surface area contributed by atoms with Crippen LogP contribution in [0.4, 0.5) is 0 Å². The standard InChI is InChI=1S/C13H14N2O3/c14-7-12-9-15(5-6-18-12)8-10-1-3-11(4-2-10)13(16)17/h1-4,12H,5-6,8-9H2,(H,16,17). The number of benzene rings is 1. The molecule has 1 heterocycles. The Balaban J connectivity index is 1.97. The fourth-order valence-electron chi connectivity index (χ4n) is 1.94. The normalized spacial score (nSPS) is 20.3. The molecule has 1 aliphatic heterocycles. The summed E-state index contributed by atoms with van der Waals surface area (Å²) in [5.41, 5.74) is 1.33. The predicted molar refractivity (Wildman–Crippen MR) is 64.0 cm³/mol. The number of morpholine rings is 1. The summed E-state index contributed by atoms with van der Waals surface area (Å²) in [6.07, 6.45) is -0.364. The molecule has 0 radical (unpaired) electrons. The van der Waals surface area contributed by atoms with Crippen molar-refractivity contribution in [2.45, 2.75) is 12.6 Å². The molecule has 0 spiro atoms. The molecule has 0 aromatic heterocycles. The molecule has 2 rings (SSSR count). The van der Waals surface area contributed by atoms with Crippen molar-refractivity contribution in [2.24, 2.45) is 0 Å². The van der Waals surface area contributed by atoms with Crippen LogP contribution in [0.25, 0.3) is 0 Å². The van der Waals surface area contributed by atoms with Gasteiger partial charge in [-0.3, -0.25) is 4.90 Å². The van der Waals surface area contributed by atoms with Crippen molar-refractivity contribution in [3.63, 3.8) is 0 Å². The van der Waals surface area contributed by atoms with Crippen LogP contribution in [0.2, 0.25) is 0 Å². The monoisotopic (exact) mass is 246 g/mol. The van der Waals surface area contributed by atoms with Gasteiger partial charge in [0.1, 0.15) is 0 Å². The summed E-state index contributed by atoms with van der Waals surface area (Å²) in [6.45, 7) is 2.66. The van der Waals surface area contributed by atoms with E-state index in [0.717, 1.165) is 12.1 Å². The number of hydrogen-bond donors (Lipinski definition) is 1. The molecule has 0 amide bonds. The highest BCUT2D eigenvalue weighted by Crippen LogP contribution is 2.11. The fourth-order valence-corrected chi connectivity index (χ4v) is 1.94. The molecule has 1 aliphatic rings. The minimum atomic E-state index is -0.919. The van der Waals surface area contributed by atoms with Crippen LogP contribution < -0.4 is 0 Å². The van der Waals surface area contributed by atoms with Crippen molar-refractivity contribution in [3.8, 4) is 6.07 Å². The van der Waals surface area contributed by atoms with Gasteiger partial charge in [-0.2, -0.15) is 5.26 Å². The van der Waals surface area contributed by atoms with Crippen LogP contribution in [0.3, 0.4) is 0 Å². The first-order valence-corrected chi connectivity index (χ1v) is 5.75. The van der Waals surface area contributed by atoms with E-state index in [1.54, 1.807) is 24.3 Å². The lowest BCUT2D eigenvalue weighted by molar-refractivity contribution is -0.00269. The van der Waals surface area contributed by atoms with Crippen LogP contribution in [0.5, 0.6) is 0 Å². The number of carbonyl (C=O) groups is 1. The van der Waals surface area contributed by atoms with Crippen molar-refractivity contribution < 1.29 is 14.6 Å². The van der Waals surface area contributed by atoms with Gasteiger partial charge in [-0.15, -0.1) is 0 Å². The van der Waals surface area contributed by atoms with E-state index in [1.807, 2.05) is 0 Å². The molecule has 1 saturated heterocycles. The van der Waals surface area contributed by atoms with Crippen molar-refractivity contribution in [1.29, 1.82) is 5.26 Å². The Labute approximate surface area is 105 Å². The molecule has 1 atom stereocenters. The van der Waals surface area contributed by atoms with E-state index in [4.69, 9.17) is 15.1 Å². The molecular formula is C13H14N2O3. The zero-order valence-electron chi connectivity index (χ0n) is 9.87. The number of rotatable bonds is 3. The van der Waals surface area contributed by atoms with Crippen LogP contribution in [0.1, 0.15) is 15.9 Å². The first kappa shape index (κ1) is 12.6. The molecule has 18 heavy (non-hydrogen) atoms. The number of aromatic carboxylic acids is 1. The van der Waals surface area contributed by atoms with Gasteiger partial charge in [0.05, 0.1) is 18.2 Å². The van der Waals surface area contributed by atoms with E-state index in [0.29, 0.717) is 19.7 Å². The van der Waals surface area contributed by atoms with E-state index in [2.05, 4.69) is 11.0 Å². The molecule has 1 fully saturated rings. The third kappa shape index (κ3) is 3.06. The largest absolute Gasteiger partial charge is 0.478 e. The molecule has 1 aromatic carbocycles. The quantitative estimate of drug-likeness (QED) is 0.864. The maximum atomic E-state index is 10.7. The minimum Gasteiger partial charge on any atom is -0.478 e. The van der Waals surface area contributed by atoms with E-state index in [9.17, 15) is 4.79 Å². The zero-order valence-corrected chi connectivity index (χ0v) is 9.87. The lowest BCUT2D eigenvalue weighted by Gasteiger charge is -2.29. The molecule has 0 saturated carbocycles. The second-order valence-corrected chi connectivity index (χ2v) is 4.23. The molecule has 1 aromatic rings. The molecule has 94 valence electrons. The molecule has 1 unspecified atom stereocenters. The Morgan fingerprint density at radius 3 is 2.83 bits per heavy atom. The third-order valence-corrected chi connectivity index (χ3v) is 2.90. The molecule has 0 bridgehead atoms. The summed E-state index contributed by atoms with van der Waals surface area (Å²) >= 11 is 0. The first-order valence-electron chi connectivity index (χ1n) is 5.75. The smallest absolute Gasteiger partial charge is 0.335 e. The van der Waals surface area contributed by atoms with Crippen molar-refractivity contribution in [3.05, 3.63) is 35.4 Å². The summed E-state index contributed by atoms with van der Waals surface area (Å²) in [4.78, 5) is 12.9. The number of ether oxygens (including phenoxy) is 1. The van der Waals surface area contributed by atoms with Gasteiger partial charge in [-0.05, 0) is 17.7 Å². The van der Waals surface area contributed by atoms with Crippen LogP contribution in [0, 0.1) is 11.3 Å². The fraction of sp³-hybridized carbons (Fsp3) is 0.385. The Hall–Kier alpha value is -1.90. The maximum absolute atomic E-state index is 10.7. The highest BCUT2D eigenvalue weighted by atomic mass is 16.5. The van der Waals surface area contributed by atoms with Crippen molar-refractivity contribution >= 4 is 5.97 Å². The highest BCUT2D eigenvalue weighted by Gasteiger charge is 2.19.